The first-order valence-electron chi connectivity index (χ1n) is 4.80. The topological polar surface area (TPSA) is 34.9 Å². The monoisotopic (exact) mass is 222 g/mol. The maximum absolute atomic E-state index is 11.2. The van der Waals surface area contributed by atoms with Crippen LogP contribution < -0.4 is 0 Å². The van der Waals surface area contributed by atoms with Crippen molar-refractivity contribution < 1.29 is 4.79 Å². The lowest BCUT2D eigenvalue weighted by atomic mass is 10.1. The predicted octanol–water partition coefficient (Wildman–Crippen LogP) is 2.91. The summed E-state index contributed by atoms with van der Waals surface area (Å²) < 4.78 is 1.72. The minimum Gasteiger partial charge on any atom is -0.295 e. The molecule has 4 heteroatoms. The van der Waals surface area contributed by atoms with Gasteiger partial charge < -0.3 is 0 Å². The number of nitrogens with zero attached hydrogens (tertiary/aromatic N) is 2. The summed E-state index contributed by atoms with van der Waals surface area (Å²) in [5.74, 6) is 0.0408. The normalized spacial score (nSPS) is 10.9. The number of rotatable bonds is 2. The number of carbonyl (C=O) groups excluding carboxylic acids is 1. The van der Waals surface area contributed by atoms with E-state index in [0.717, 1.165) is 17.4 Å². The second-order valence-corrected chi connectivity index (χ2v) is 3.75. The van der Waals surface area contributed by atoms with Crippen molar-refractivity contribution in [2.75, 3.05) is 0 Å². The first kappa shape index (κ1) is 10.2. The first-order valence-corrected chi connectivity index (χ1v) is 5.18. The zero-order chi connectivity index (χ0) is 11.0. The fraction of sp³-hybridized carbons (Fsp3) is 0.273. The highest BCUT2D eigenvalue weighted by Gasteiger charge is 2.09. The van der Waals surface area contributed by atoms with Gasteiger partial charge in [0.1, 0.15) is 5.15 Å². The first-order chi connectivity index (χ1) is 7.13. The van der Waals surface area contributed by atoms with E-state index in [-0.39, 0.29) is 5.78 Å². The Bertz CT molecular complexity index is 531. The van der Waals surface area contributed by atoms with Crippen LogP contribution in [0.25, 0.3) is 10.9 Å². The molecule has 3 nitrogen and oxygen atoms in total. The van der Waals surface area contributed by atoms with Crippen molar-refractivity contribution in [2.24, 2.45) is 0 Å². The summed E-state index contributed by atoms with van der Waals surface area (Å²) in [6.07, 6.45) is 0. The molecule has 1 aromatic carbocycles. The second kappa shape index (κ2) is 3.66. The van der Waals surface area contributed by atoms with Gasteiger partial charge in [0, 0.05) is 17.5 Å². The lowest BCUT2D eigenvalue weighted by Gasteiger charge is -1.94. The molecule has 1 aromatic heterocycles. The highest BCUT2D eigenvalue weighted by Crippen LogP contribution is 2.24. The van der Waals surface area contributed by atoms with E-state index in [1.54, 1.807) is 23.7 Å². The van der Waals surface area contributed by atoms with Crippen molar-refractivity contribution in [3.05, 3.63) is 28.9 Å². The molecule has 0 aliphatic rings. The van der Waals surface area contributed by atoms with Crippen LogP contribution in [0.4, 0.5) is 0 Å². The summed E-state index contributed by atoms with van der Waals surface area (Å²) in [7, 11) is 0. The average Bonchev–Trinajstić information content (AvgIpc) is 2.55. The molecule has 0 atom stereocenters. The summed E-state index contributed by atoms with van der Waals surface area (Å²) >= 11 is 6.10. The van der Waals surface area contributed by atoms with Crippen LogP contribution in [-0.2, 0) is 6.54 Å². The second-order valence-electron chi connectivity index (χ2n) is 3.39. The van der Waals surface area contributed by atoms with Crippen LogP contribution in [-0.4, -0.2) is 15.6 Å². The zero-order valence-corrected chi connectivity index (χ0v) is 9.38. The van der Waals surface area contributed by atoms with Crippen LogP contribution in [0.15, 0.2) is 18.2 Å². The summed E-state index contributed by atoms with van der Waals surface area (Å²) in [5.41, 5.74) is 1.44. The minimum absolute atomic E-state index is 0.0408. The molecule has 2 rings (SSSR count). The summed E-state index contributed by atoms with van der Waals surface area (Å²) in [6, 6.07) is 5.39. The molecule has 2 aromatic rings. The molecule has 0 N–H and O–H groups in total. The molecule has 0 amide bonds. The fourth-order valence-electron chi connectivity index (χ4n) is 1.53. The summed E-state index contributed by atoms with van der Waals surface area (Å²) in [6.45, 7) is 4.24. The number of ketones is 1. The number of hydrogen-bond acceptors (Lipinski definition) is 2. The number of hydrogen-bond donors (Lipinski definition) is 0. The molecular formula is C11H11ClN2O. The third-order valence-electron chi connectivity index (χ3n) is 2.38. The summed E-state index contributed by atoms with van der Waals surface area (Å²) in [5, 5.41) is 5.83. The zero-order valence-electron chi connectivity index (χ0n) is 8.62. The fourth-order valence-corrected chi connectivity index (χ4v) is 1.85. The largest absolute Gasteiger partial charge is 0.295 e. The number of carbonyl (C=O) groups is 1. The van der Waals surface area contributed by atoms with Crippen molar-refractivity contribution in [3.8, 4) is 0 Å². The maximum Gasteiger partial charge on any atom is 0.159 e. The van der Waals surface area contributed by atoms with E-state index in [2.05, 4.69) is 5.10 Å². The molecule has 1 heterocycles. The van der Waals surface area contributed by atoms with Crippen LogP contribution in [0.2, 0.25) is 5.15 Å². The highest BCUT2D eigenvalue weighted by atomic mass is 35.5. The molecule has 15 heavy (non-hydrogen) atoms. The van der Waals surface area contributed by atoms with E-state index < -0.39 is 0 Å². The van der Waals surface area contributed by atoms with Crippen molar-refractivity contribution in [3.63, 3.8) is 0 Å². The lowest BCUT2D eigenvalue weighted by molar-refractivity contribution is 0.101. The number of fused-ring (bicyclic) bond motifs is 1. The van der Waals surface area contributed by atoms with Crippen LogP contribution in [0.5, 0.6) is 0 Å². The van der Waals surface area contributed by atoms with Gasteiger partial charge in [0.15, 0.2) is 5.78 Å². The van der Waals surface area contributed by atoms with Gasteiger partial charge in [-0.25, -0.2) is 0 Å². The predicted molar refractivity (Wildman–Crippen MR) is 60.4 cm³/mol. The Kier molecular flexibility index (Phi) is 2.49. The Morgan fingerprint density at radius 2 is 2.27 bits per heavy atom. The van der Waals surface area contributed by atoms with E-state index in [0.29, 0.717) is 10.7 Å². The highest BCUT2D eigenvalue weighted by molar-refractivity contribution is 6.34. The molecule has 0 radical (unpaired) electrons. The van der Waals surface area contributed by atoms with Crippen LogP contribution >= 0.6 is 11.6 Å². The molecule has 0 aliphatic heterocycles. The van der Waals surface area contributed by atoms with Gasteiger partial charge in [-0.15, -0.1) is 0 Å². The van der Waals surface area contributed by atoms with Gasteiger partial charge in [-0.1, -0.05) is 17.7 Å². The van der Waals surface area contributed by atoms with Gasteiger partial charge in [0.05, 0.1) is 5.52 Å². The molecule has 0 spiro atoms. The average molecular weight is 223 g/mol. The third kappa shape index (κ3) is 1.63. The number of halogens is 1. The van der Waals surface area contributed by atoms with Crippen molar-refractivity contribution >= 4 is 28.3 Å². The molecule has 0 saturated heterocycles. The Morgan fingerprint density at radius 3 is 2.87 bits per heavy atom. The number of benzene rings is 1. The number of aromatic nitrogens is 2. The standard InChI is InChI=1S/C11H11ClN2O/c1-3-14-11(12)9-5-4-8(7(2)15)6-10(9)13-14/h4-6H,3H2,1-2H3. The maximum atomic E-state index is 11.2. The quantitative estimate of drug-likeness (QED) is 0.733. The molecule has 0 fully saturated rings. The molecule has 0 saturated carbocycles. The van der Waals surface area contributed by atoms with Gasteiger partial charge in [0.2, 0.25) is 0 Å². The van der Waals surface area contributed by atoms with Gasteiger partial charge in [-0.3, -0.25) is 9.48 Å². The van der Waals surface area contributed by atoms with E-state index in [4.69, 9.17) is 11.6 Å². The number of Topliss-reactive ketones (excluding diaryl/α,β-unsaturated/α-hetero) is 1. The van der Waals surface area contributed by atoms with Crippen molar-refractivity contribution in [1.29, 1.82) is 0 Å². The van der Waals surface area contributed by atoms with Crippen molar-refractivity contribution in [2.45, 2.75) is 20.4 Å². The lowest BCUT2D eigenvalue weighted by Crippen LogP contribution is -1.95. The van der Waals surface area contributed by atoms with Crippen LogP contribution in [0.1, 0.15) is 24.2 Å². The molecule has 0 aliphatic carbocycles. The summed E-state index contributed by atoms with van der Waals surface area (Å²) in [4.78, 5) is 11.2. The molecule has 0 bridgehead atoms. The smallest absolute Gasteiger partial charge is 0.159 e. The van der Waals surface area contributed by atoms with E-state index in [9.17, 15) is 4.79 Å². The van der Waals surface area contributed by atoms with E-state index >= 15 is 0 Å². The molecule has 0 unspecified atom stereocenters. The minimum atomic E-state index is 0.0408. The van der Waals surface area contributed by atoms with Gasteiger partial charge in [0.25, 0.3) is 0 Å². The Balaban J connectivity index is 2.68. The van der Waals surface area contributed by atoms with Crippen LogP contribution in [0, 0.1) is 0 Å². The third-order valence-corrected chi connectivity index (χ3v) is 2.78. The van der Waals surface area contributed by atoms with Crippen LogP contribution in [0.3, 0.4) is 0 Å². The molecule has 78 valence electrons. The SMILES string of the molecule is CCn1nc2cc(C(C)=O)ccc2c1Cl. The Morgan fingerprint density at radius 1 is 1.53 bits per heavy atom. The Labute approximate surface area is 92.6 Å². The van der Waals surface area contributed by atoms with Gasteiger partial charge in [-0.05, 0) is 26.0 Å². The van der Waals surface area contributed by atoms with Crippen molar-refractivity contribution in [1.82, 2.24) is 9.78 Å². The van der Waals surface area contributed by atoms with Gasteiger partial charge >= 0.3 is 0 Å². The van der Waals surface area contributed by atoms with E-state index in [1.807, 2.05) is 13.0 Å². The van der Waals surface area contributed by atoms with E-state index in [1.165, 1.54) is 0 Å². The Hall–Kier alpha value is -1.35. The molecular weight excluding hydrogens is 212 g/mol. The van der Waals surface area contributed by atoms with Gasteiger partial charge in [-0.2, -0.15) is 5.10 Å². The number of aryl methyl sites for hydroxylation is 1.